The summed E-state index contributed by atoms with van der Waals surface area (Å²) in [6, 6.07) is -1.11. The number of carbonyl (C=O) groups is 2. The van der Waals surface area contributed by atoms with Gasteiger partial charge in [0.2, 0.25) is 0 Å². The lowest BCUT2D eigenvalue weighted by Crippen LogP contribution is -2.46. The number of nitrogens with one attached hydrogen (secondary N) is 2. The van der Waals surface area contributed by atoms with Crippen LogP contribution in [0.15, 0.2) is 0 Å². The largest absolute Gasteiger partial charge is 0.480 e. The van der Waals surface area contributed by atoms with Crippen molar-refractivity contribution < 1.29 is 14.7 Å². The number of unbranched alkanes of at least 4 members (excludes halogenated alkanes) is 1. The molecule has 5 nitrogen and oxygen atoms in total. The molecule has 1 aliphatic rings. The monoisotopic (exact) mass is 270 g/mol. The summed E-state index contributed by atoms with van der Waals surface area (Å²) in [6.45, 7) is 4.96. The number of amides is 2. The fourth-order valence-electron chi connectivity index (χ4n) is 2.00. The van der Waals surface area contributed by atoms with Gasteiger partial charge in [0, 0.05) is 6.54 Å². The molecule has 0 heterocycles. The van der Waals surface area contributed by atoms with Crippen molar-refractivity contribution in [2.45, 2.75) is 58.4 Å². The first-order chi connectivity index (χ1) is 8.99. The summed E-state index contributed by atoms with van der Waals surface area (Å²) in [6.07, 6.45) is 5.90. The first-order valence-corrected chi connectivity index (χ1v) is 7.26. The van der Waals surface area contributed by atoms with Crippen LogP contribution in [0.5, 0.6) is 0 Å². The Labute approximate surface area is 115 Å². The van der Waals surface area contributed by atoms with Crippen molar-refractivity contribution in [2.75, 3.05) is 6.54 Å². The molecule has 0 aromatic heterocycles. The molecule has 1 rings (SSSR count). The Bertz CT molecular complexity index is 301. The molecule has 1 fully saturated rings. The van der Waals surface area contributed by atoms with Gasteiger partial charge in [-0.3, -0.25) is 0 Å². The molecule has 19 heavy (non-hydrogen) atoms. The third-order valence-corrected chi connectivity index (χ3v) is 3.36. The van der Waals surface area contributed by atoms with Gasteiger partial charge in [0.25, 0.3) is 0 Å². The van der Waals surface area contributed by atoms with Crippen LogP contribution >= 0.6 is 0 Å². The minimum absolute atomic E-state index is 0.363. The number of aliphatic carboxylic acids is 1. The highest BCUT2D eigenvalue weighted by molar-refractivity contribution is 5.82. The van der Waals surface area contributed by atoms with Crippen LogP contribution in [0.2, 0.25) is 0 Å². The van der Waals surface area contributed by atoms with Crippen LogP contribution in [0, 0.1) is 11.8 Å². The zero-order valence-electron chi connectivity index (χ0n) is 11.9. The number of urea groups is 1. The molecule has 5 heteroatoms. The van der Waals surface area contributed by atoms with Crippen LogP contribution in [0.4, 0.5) is 4.79 Å². The number of hydrogen-bond acceptors (Lipinski definition) is 2. The summed E-state index contributed by atoms with van der Waals surface area (Å²) < 4.78 is 0. The molecule has 0 saturated heterocycles. The minimum atomic E-state index is -0.943. The van der Waals surface area contributed by atoms with Crippen molar-refractivity contribution in [2.24, 2.45) is 11.8 Å². The van der Waals surface area contributed by atoms with E-state index in [1.54, 1.807) is 0 Å². The molecule has 0 radical (unpaired) electrons. The van der Waals surface area contributed by atoms with Crippen LogP contribution in [0.25, 0.3) is 0 Å². The van der Waals surface area contributed by atoms with E-state index < -0.39 is 12.0 Å². The molecule has 0 bridgehead atoms. The molecule has 0 aliphatic heterocycles. The quantitative estimate of drug-likeness (QED) is 0.563. The van der Waals surface area contributed by atoms with E-state index in [0.29, 0.717) is 24.8 Å². The summed E-state index contributed by atoms with van der Waals surface area (Å²) in [5.74, 6) is 0.220. The summed E-state index contributed by atoms with van der Waals surface area (Å²) in [5, 5.41) is 14.3. The van der Waals surface area contributed by atoms with Crippen LogP contribution < -0.4 is 10.6 Å². The standard InChI is InChI=1S/C14H26N2O3/c1-10(2)5-3-4-8-15-14(19)16-12(13(17)18)9-11-6-7-11/h10-12H,3-9H2,1-2H3,(H,17,18)(H2,15,16,19)/t12-/m0/s1. The molecule has 0 unspecified atom stereocenters. The molecule has 1 atom stereocenters. The zero-order valence-corrected chi connectivity index (χ0v) is 11.9. The molecular formula is C14H26N2O3. The van der Waals surface area contributed by atoms with E-state index in [2.05, 4.69) is 24.5 Å². The Morgan fingerprint density at radius 3 is 2.47 bits per heavy atom. The van der Waals surface area contributed by atoms with Crippen LogP contribution in [-0.4, -0.2) is 29.7 Å². The van der Waals surface area contributed by atoms with Gasteiger partial charge in [-0.15, -0.1) is 0 Å². The topological polar surface area (TPSA) is 78.4 Å². The fraction of sp³-hybridized carbons (Fsp3) is 0.857. The molecule has 0 aromatic carbocycles. The summed E-state index contributed by atoms with van der Waals surface area (Å²) >= 11 is 0. The molecular weight excluding hydrogens is 244 g/mol. The van der Waals surface area contributed by atoms with Gasteiger partial charge in [-0.25, -0.2) is 9.59 Å². The van der Waals surface area contributed by atoms with Gasteiger partial charge in [-0.1, -0.05) is 39.5 Å². The predicted octanol–water partition coefficient (Wildman–Crippen LogP) is 2.37. The number of hydrogen-bond donors (Lipinski definition) is 3. The predicted molar refractivity (Wildman–Crippen MR) is 74.0 cm³/mol. The normalized spacial score (nSPS) is 16.2. The van der Waals surface area contributed by atoms with Crippen molar-refractivity contribution in [1.29, 1.82) is 0 Å². The lowest BCUT2D eigenvalue weighted by Gasteiger charge is -2.14. The van der Waals surface area contributed by atoms with Crippen molar-refractivity contribution in [3.63, 3.8) is 0 Å². The molecule has 3 N–H and O–H groups in total. The molecule has 1 saturated carbocycles. The minimum Gasteiger partial charge on any atom is -0.480 e. The van der Waals surface area contributed by atoms with E-state index in [1.807, 2.05) is 0 Å². The van der Waals surface area contributed by atoms with Gasteiger partial charge in [0.1, 0.15) is 6.04 Å². The highest BCUT2D eigenvalue weighted by atomic mass is 16.4. The highest BCUT2D eigenvalue weighted by Crippen LogP contribution is 2.33. The molecule has 0 spiro atoms. The average molecular weight is 270 g/mol. The molecule has 110 valence electrons. The first kappa shape index (κ1) is 15.8. The number of carboxylic acid groups (broad SMARTS) is 1. The second-order valence-electron chi connectivity index (χ2n) is 5.86. The van der Waals surface area contributed by atoms with Crippen LogP contribution in [-0.2, 0) is 4.79 Å². The van der Waals surface area contributed by atoms with Crippen LogP contribution in [0.3, 0.4) is 0 Å². The van der Waals surface area contributed by atoms with E-state index in [9.17, 15) is 9.59 Å². The Morgan fingerprint density at radius 2 is 1.95 bits per heavy atom. The van der Waals surface area contributed by atoms with E-state index in [4.69, 9.17) is 5.11 Å². The van der Waals surface area contributed by atoms with Gasteiger partial charge < -0.3 is 15.7 Å². The van der Waals surface area contributed by atoms with Crippen LogP contribution in [0.1, 0.15) is 52.4 Å². The molecule has 2 amide bonds. The van der Waals surface area contributed by atoms with Gasteiger partial charge >= 0.3 is 12.0 Å². The second kappa shape index (κ2) is 8.02. The highest BCUT2D eigenvalue weighted by Gasteiger charge is 2.30. The van der Waals surface area contributed by atoms with Gasteiger partial charge in [0.15, 0.2) is 0 Å². The zero-order chi connectivity index (χ0) is 14.3. The summed E-state index contributed by atoms with van der Waals surface area (Å²) in [5.41, 5.74) is 0. The number of carbonyl (C=O) groups excluding carboxylic acids is 1. The maximum atomic E-state index is 11.6. The van der Waals surface area contributed by atoms with E-state index in [0.717, 1.165) is 32.1 Å². The second-order valence-corrected chi connectivity index (χ2v) is 5.86. The maximum absolute atomic E-state index is 11.6. The Morgan fingerprint density at radius 1 is 1.26 bits per heavy atom. The van der Waals surface area contributed by atoms with Gasteiger partial charge in [-0.05, 0) is 24.7 Å². The van der Waals surface area contributed by atoms with Gasteiger partial charge in [-0.2, -0.15) is 0 Å². The number of carboxylic acids is 1. The third-order valence-electron chi connectivity index (χ3n) is 3.36. The lowest BCUT2D eigenvalue weighted by molar-refractivity contribution is -0.139. The molecule has 1 aliphatic carbocycles. The Hall–Kier alpha value is -1.26. The van der Waals surface area contributed by atoms with Crippen molar-refractivity contribution >= 4 is 12.0 Å². The molecule has 0 aromatic rings. The van der Waals surface area contributed by atoms with E-state index >= 15 is 0 Å². The maximum Gasteiger partial charge on any atom is 0.326 e. The van der Waals surface area contributed by atoms with Gasteiger partial charge in [0.05, 0.1) is 0 Å². The van der Waals surface area contributed by atoms with E-state index in [-0.39, 0.29) is 6.03 Å². The number of rotatable bonds is 9. The Kier molecular flexibility index (Phi) is 6.67. The van der Waals surface area contributed by atoms with Crippen molar-refractivity contribution in [1.82, 2.24) is 10.6 Å². The Balaban J connectivity index is 2.11. The van der Waals surface area contributed by atoms with Crippen molar-refractivity contribution in [3.8, 4) is 0 Å². The van der Waals surface area contributed by atoms with Crippen molar-refractivity contribution in [3.05, 3.63) is 0 Å². The lowest BCUT2D eigenvalue weighted by atomic mass is 10.1. The first-order valence-electron chi connectivity index (χ1n) is 7.26. The summed E-state index contributed by atoms with van der Waals surface area (Å²) in [7, 11) is 0. The fourth-order valence-corrected chi connectivity index (χ4v) is 2.00. The SMILES string of the molecule is CC(C)CCCCNC(=O)N[C@@H](CC1CC1)C(=O)O. The third kappa shape index (κ3) is 7.70. The summed E-state index contributed by atoms with van der Waals surface area (Å²) in [4.78, 5) is 22.6. The van der Waals surface area contributed by atoms with E-state index in [1.165, 1.54) is 0 Å². The smallest absolute Gasteiger partial charge is 0.326 e. The average Bonchev–Trinajstić information content (AvgIpc) is 3.11.